The smallest absolute Gasteiger partial charge is 0.111 e. The number of halogens is 1. The Balaban J connectivity index is 2.21. The van der Waals surface area contributed by atoms with Crippen LogP contribution in [0.15, 0.2) is 18.2 Å². The van der Waals surface area contributed by atoms with E-state index in [1.54, 1.807) is 0 Å². The lowest BCUT2D eigenvalue weighted by atomic mass is 9.78. The first kappa shape index (κ1) is 12.0. The SMILES string of the molecule is Cc1ccc2c(c1)nc(CCCl)n2C1(C)CCC1. The van der Waals surface area contributed by atoms with Gasteiger partial charge in [-0.1, -0.05) is 6.07 Å². The van der Waals surface area contributed by atoms with Crippen LogP contribution in [-0.2, 0) is 12.0 Å². The highest BCUT2D eigenvalue weighted by Gasteiger charge is 2.36. The number of rotatable bonds is 3. The summed E-state index contributed by atoms with van der Waals surface area (Å²) in [7, 11) is 0. The lowest BCUT2D eigenvalue weighted by Gasteiger charge is -2.41. The number of benzene rings is 1. The zero-order valence-electron chi connectivity index (χ0n) is 11.0. The number of aromatic nitrogens is 2. The molecule has 0 spiro atoms. The molecule has 0 N–H and O–H groups in total. The molecule has 1 fully saturated rings. The molecular formula is C15H19ClN2. The van der Waals surface area contributed by atoms with Crippen molar-refractivity contribution in [2.24, 2.45) is 0 Å². The van der Waals surface area contributed by atoms with Crippen molar-refractivity contribution in [1.82, 2.24) is 9.55 Å². The zero-order chi connectivity index (χ0) is 12.8. The van der Waals surface area contributed by atoms with E-state index in [1.807, 2.05) is 0 Å². The standard InChI is InChI=1S/C15H19ClN2/c1-11-4-5-13-12(10-11)17-14(6-9-16)18(13)15(2)7-3-8-15/h4-5,10H,3,6-9H2,1-2H3. The highest BCUT2D eigenvalue weighted by molar-refractivity contribution is 6.17. The van der Waals surface area contributed by atoms with Crippen LogP contribution in [0.3, 0.4) is 0 Å². The molecule has 0 bridgehead atoms. The van der Waals surface area contributed by atoms with Crippen LogP contribution in [0.1, 0.15) is 37.6 Å². The highest BCUT2D eigenvalue weighted by atomic mass is 35.5. The van der Waals surface area contributed by atoms with Gasteiger partial charge in [-0.15, -0.1) is 11.6 Å². The summed E-state index contributed by atoms with van der Waals surface area (Å²) < 4.78 is 2.44. The van der Waals surface area contributed by atoms with E-state index in [4.69, 9.17) is 16.6 Å². The summed E-state index contributed by atoms with van der Waals surface area (Å²) in [5, 5.41) is 0. The monoisotopic (exact) mass is 262 g/mol. The maximum absolute atomic E-state index is 5.92. The van der Waals surface area contributed by atoms with Crippen LogP contribution in [-0.4, -0.2) is 15.4 Å². The number of imidazole rings is 1. The van der Waals surface area contributed by atoms with Gasteiger partial charge < -0.3 is 4.57 Å². The fraction of sp³-hybridized carbons (Fsp3) is 0.533. The van der Waals surface area contributed by atoms with Gasteiger partial charge in [0, 0.05) is 17.8 Å². The predicted molar refractivity (Wildman–Crippen MR) is 76.4 cm³/mol. The molecule has 1 heterocycles. The Labute approximate surface area is 113 Å². The molecule has 18 heavy (non-hydrogen) atoms. The van der Waals surface area contributed by atoms with Crippen molar-refractivity contribution in [2.45, 2.75) is 45.1 Å². The molecule has 1 aromatic carbocycles. The number of hydrogen-bond donors (Lipinski definition) is 0. The molecule has 2 aromatic rings. The molecule has 2 nitrogen and oxygen atoms in total. The molecule has 1 saturated carbocycles. The quantitative estimate of drug-likeness (QED) is 0.764. The van der Waals surface area contributed by atoms with Gasteiger partial charge in [-0.25, -0.2) is 4.98 Å². The minimum absolute atomic E-state index is 0.255. The molecule has 0 unspecified atom stereocenters. The summed E-state index contributed by atoms with van der Waals surface area (Å²) in [6, 6.07) is 6.55. The third-order valence-electron chi connectivity index (χ3n) is 4.17. The molecule has 0 saturated heterocycles. The van der Waals surface area contributed by atoms with E-state index in [0.29, 0.717) is 5.88 Å². The van der Waals surface area contributed by atoms with Crippen molar-refractivity contribution >= 4 is 22.6 Å². The van der Waals surface area contributed by atoms with Crippen LogP contribution in [0.5, 0.6) is 0 Å². The van der Waals surface area contributed by atoms with Gasteiger partial charge in [-0.05, 0) is 50.8 Å². The minimum atomic E-state index is 0.255. The Kier molecular flexibility index (Phi) is 2.86. The summed E-state index contributed by atoms with van der Waals surface area (Å²) in [6.45, 7) is 4.46. The van der Waals surface area contributed by atoms with Crippen LogP contribution in [0.25, 0.3) is 11.0 Å². The molecule has 1 aromatic heterocycles. The average Bonchev–Trinajstić information content (AvgIpc) is 2.64. The molecular weight excluding hydrogens is 244 g/mol. The molecule has 1 aliphatic rings. The van der Waals surface area contributed by atoms with Crippen LogP contribution in [0.2, 0.25) is 0 Å². The van der Waals surface area contributed by atoms with E-state index in [-0.39, 0.29) is 5.54 Å². The Morgan fingerprint density at radius 3 is 2.78 bits per heavy atom. The number of nitrogens with zero attached hydrogens (tertiary/aromatic N) is 2. The van der Waals surface area contributed by atoms with E-state index >= 15 is 0 Å². The van der Waals surface area contributed by atoms with Crippen molar-refractivity contribution in [1.29, 1.82) is 0 Å². The highest BCUT2D eigenvalue weighted by Crippen LogP contribution is 2.41. The van der Waals surface area contributed by atoms with Gasteiger partial charge in [0.25, 0.3) is 0 Å². The summed E-state index contributed by atoms with van der Waals surface area (Å²) in [6.07, 6.45) is 4.68. The van der Waals surface area contributed by atoms with Gasteiger partial charge in [-0.2, -0.15) is 0 Å². The van der Waals surface area contributed by atoms with Crippen molar-refractivity contribution in [2.75, 3.05) is 5.88 Å². The third kappa shape index (κ3) is 1.74. The number of alkyl halides is 1. The molecule has 0 amide bonds. The fourth-order valence-electron chi connectivity index (χ4n) is 3.01. The molecule has 0 radical (unpaired) electrons. The first-order valence-electron chi connectivity index (χ1n) is 6.68. The predicted octanol–water partition coefficient (Wildman–Crippen LogP) is 4.03. The van der Waals surface area contributed by atoms with Gasteiger partial charge in [0.15, 0.2) is 0 Å². The van der Waals surface area contributed by atoms with Crippen molar-refractivity contribution in [3.8, 4) is 0 Å². The summed E-state index contributed by atoms with van der Waals surface area (Å²) in [4.78, 5) is 4.79. The van der Waals surface area contributed by atoms with Crippen molar-refractivity contribution in [3.05, 3.63) is 29.6 Å². The second-order valence-electron chi connectivity index (χ2n) is 5.65. The van der Waals surface area contributed by atoms with Gasteiger partial charge >= 0.3 is 0 Å². The Morgan fingerprint density at radius 1 is 1.39 bits per heavy atom. The summed E-state index contributed by atoms with van der Waals surface area (Å²) >= 11 is 5.92. The molecule has 3 rings (SSSR count). The largest absolute Gasteiger partial charge is 0.322 e. The van der Waals surface area contributed by atoms with Crippen LogP contribution >= 0.6 is 11.6 Å². The van der Waals surface area contributed by atoms with Crippen LogP contribution < -0.4 is 0 Å². The van der Waals surface area contributed by atoms with Crippen LogP contribution in [0, 0.1) is 6.92 Å². The van der Waals surface area contributed by atoms with Crippen molar-refractivity contribution < 1.29 is 0 Å². The van der Waals surface area contributed by atoms with E-state index in [2.05, 4.69) is 36.6 Å². The number of hydrogen-bond acceptors (Lipinski definition) is 1. The van der Waals surface area contributed by atoms with Gasteiger partial charge in [0.1, 0.15) is 5.82 Å². The maximum atomic E-state index is 5.92. The summed E-state index contributed by atoms with van der Waals surface area (Å²) in [5.74, 6) is 1.78. The van der Waals surface area contributed by atoms with Gasteiger partial charge in [0.2, 0.25) is 0 Å². The molecule has 96 valence electrons. The Hall–Kier alpha value is -1.02. The number of aryl methyl sites for hydroxylation is 2. The Bertz CT molecular complexity index is 581. The molecule has 1 aliphatic carbocycles. The topological polar surface area (TPSA) is 17.8 Å². The first-order chi connectivity index (χ1) is 8.64. The van der Waals surface area contributed by atoms with Gasteiger partial charge in [-0.3, -0.25) is 0 Å². The second kappa shape index (κ2) is 4.27. The van der Waals surface area contributed by atoms with E-state index < -0.39 is 0 Å². The van der Waals surface area contributed by atoms with E-state index in [9.17, 15) is 0 Å². The normalized spacial score (nSPS) is 17.9. The Morgan fingerprint density at radius 2 is 2.17 bits per heavy atom. The fourth-order valence-corrected chi connectivity index (χ4v) is 3.18. The molecule has 0 atom stereocenters. The third-order valence-corrected chi connectivity index (χ3v) is 4.36. The lowest BCUT2D eigenvalue weighted by Crippen LogP contribution is -2.38. The minimum Gasteiger partial charge on any atom is -0.322 e. The van der Waals surface area contributed by atoms with Gasteiger partial charge in [0.05, 0.1) is 11.0 Å². The second-order valence-corrected chi connectivity index (χ2v) is 6.02. The summed E-state index contributed by atoms with van der Waals surface area (Å²) in [5.41, 5.74) is 3.90. The van der Waals surface area contributed by atoms with Crippen molar-refractivity contribution in [3.63, 3.8) is 0 Å². The molecule has 3 heteroatoms. The van der Waals surface area contributed by atoms with E-state index in [1.165, 1.54) is 30.3 Å². The average molecular weight is 263 g/mol. The molecule has 0 aliphatic heterocycles. The zero-order valence-corrected chi connectivity index (χ0v) is 11.8. The van der Waals surface area contributed by atoms with Crippen LogP contribution in [0.4, 0.5) is 0 Å². The first-order valence-corrected chi connectivity index (χ1v) is 7.22. The maximum Gasteiger partial charge on any atom is 0.111 e. The van der Waals surface area contributed by atoms with E-state index in [0.717, 1.165) is 17.8 Å². The lowest BCUT2D eigenvalue weighted by molar-refractivity contribution is 0.170. The number of fused-ring (bicyclic) bond motifs is 1.